The van der Waals surface area contributed by atoms with Gasteiger partial charge in [-0.05, 0) is 35.4 Å². The lowest BCUT2D eigenvalue weighted by Crippen LogP contribution is -1.90. The van der Waals surface area contributed by atoms with Gasteiger partial charge >= 0.3 is 11.9 Å². The first-order valence-corrected chi connectivity index (χ1v) is 8.48. The minimum atomic E-state index is -1.02. The summed E-state index contributed by atoms with van der Waals surface area (Å²) in [7, 11) is 0. The molecule has 0 aromatic heterocycles. The van der Waals surface area contributed by atoms with Crippen molar-refractivity contribution >= 4 is 35.5 Å². The van der Waals surface area contributed by atoms with Gasteiger partial charge in [-0.3, -0.25) is 0 Å². The largest absolute Gasteiger partial charge is 0.594 e. The number of aliphatic carboxylic acids is 2. The molecular formula is C22H18N2O5. The van der Waals surface area contributed by atoms with Crippen LogP contribution in [0.25, 0.3) is 12.2 Å². The highest BCUT2D eigenvalue weighted by Gasteiger charge is 2.03. The van der Waals surface area contributed by atoms with Gasteiger partial charge in [0.1, 0.15) is 5.69 Å². The molecule has 0 amide bonds. The molecule has 0 saturated heterocycles. The smallest absolute Gasteiger partial charge is 0.328 e. The minimum absolute atomic E-state index is 0.353. The van der Waals surface area contributed by atoms with Crippen molar-refractivity contribution in [2.24, 2.45) is 5.11 Å². The Morgan fingerprint density at radius 3 is 1.66 bits per heavy atom. The summed E-state index contributed by atoms with van der Waals surface area (Å²) in [5, 5.41) is 33.2. The highest BCUT2D eigenvalue weighted by atomic mass is 16.5. The summed E-state index contributed by atoms with van der Waals surface area (Å²) in [5.74, 6) is -2.04. The summed E-state index contributed by atoms with van der Waals surface area (Å²) < 4.78 is 0. The molecule has 0 radical (unpaired) electrons. The normalized spacial score (nSPS) is 12.5. The SMILES string of the molecule is O=C(O)C=CC=Cc1ccc(N=[N+]([O-])c2ccc(C=CC=CC(=O)O)cc2)cc1. The molecule has 0 saturated carbocycles. The van der Waals surface area contributed by atoms with E-state index in [4.69, 9.17) is 10.2 Å². The summed E-state index contributed by atoms with van der Waals surface area (Å²) in [6.45, 7) is 0. The predicted octanol–water partition coefficient (Wildman–Crippen LogP) is 4.92. The molecule has 0 unspecified atom stereocenters. The summed E-state index contributed by atoms with van der Waals surface area (Å²) in [4.78, 5) is 21.3. The first kappa shape index (κ1) is 21.0. The maximum Gasteiger partial charge on any atom is 0.328 e. The Kier molecular flexibility index (Phi) is 7.83. The number of benzene rings is 2. The number of azo groups is 1. The van der Waals surface area contributed by atoms with Crippen molar-refractivity contribution in [1.29, 1.82) is 0 Å². The Balaban J connectivity index is 2.03. The van der Waals surface area contributed by atoms with Crippen molar-refractivity contribution in [2.75, 3.05) is 0 Å². The molecule has 7 heteroatoms. The monoisotopic (exact) mass is 390 g/mol. The van der Waals surface area contributed by atoms with E-state index < -0.39 is 11.9 Å². The van der Waals surface area contributed by atoms with Crippen LogP contribution in [0.4, 0.5) is 11.4 Å². The maximum absolute atomic E-state index is 12.2. The Morgan fingerprint density at radius 2 is 1.21 bits per heavy atom. The molecule has 29 heavy (non-hydrogen) atoms. The Labute approximate surface area is 167 Å². The molecule has 0 fully saturated rings. The Morgan fingerprint density at radius 1 is 0.759 bits per heavy atom. The van der Waals surface area contributed by atoms with Crippen LogP contribution in [0, 0.1) is 5.21 Å². The summed E-state index contributed by atoms with van der Waals surface area (Å²) in [5.41, 5.74) is 2.47. The lowest BCUT2D eigenvalue weighted by Gasteiger charge is -2.01. The number of carbonyl (C=O) groups is 2. The number of hydrogen-bond acceptors (Lipinski definition) is 4. The van der Waals surface area contributed by atoms with Gasteiger partial charge < -0.3 is 15.4 Å². The molecular weight excluding hydrogens is 372 g/mol. The van der Waals surface area contributed by atoms with Crippen molar-refractivity contribution in [3.63, 3.8) is 0 Å². The molecule has 7 nitrogen and oxygen atoms in total. The van der Waals surface area contributed by atoms with Gasteiger partial charge in [-0.15, -0.1) is 0 Å². The van der Waals surface area contributed by atoms with E-state index >= 15 is 0 Å². The quantitative estimate of drug-likeness (QED) is 0.218. The van der Waals surface area contributed by atoms with Crippen molar-refractivity contribution < 1.29 is 24.7 Å². The number of carboxylic acids is 2. The van der Waals surface area contributed by atoms with Crippen molar-refractivity contribution in [2.45, 2.75) is 0 Å². The van der Waals surface area contributed by atoms with E-state index in [1.165, 1.54) is 12.2 Å². The van der Waals surface area contributed by atoms with Gasteiger partial charge in [0.25, 0.3) is 0 Å². The van der Waals surface area contributed by atoms with Crippen LogP contribution < -0.4 is 0 Å². The van der Waals surface area contributed by atoms with E-state index in [1.54, 1.807) is 72.8 Å². The van der Waals surface area contributed by atoms with E-state index in [0.717, 1.165) is 23.3 Å². The summed E-state index contributed by atoms with van der Waals surface area (Å²) in [6.07, 6.45) is 11.5. The van der Waals surface area contributed by atoms with Crippen molar-refractivity contribution in [1.82, 2.24) is 0 Å². The molecule has 0 heterocycles. The second-order valence-corrected chi connectivity index (χ2v) is 5.67. The van der Waals surface area contributed by atoms with Crippen LogP contribution in [0.15, 0.2) is 90.1 Å². The fourth-order valence-corrected chi connectivity index (χ4v) is 2.14. The van der Waals surface area contributed by atoms with Gasteiger partial charge in [-0.25, -0.2) is 9.59 Å². The van der Waals surface area contributed by atoms with Gasteiger partial charge in [0, 0.05) is 29.4 Å². The Bertz CT molecular complexity index is 999. The zero-order valence-corrected chi connectivity index (χ0v) is 15.3. The van der Waals surface area contributed by atoms with E-state index in [-0.39, 0.29) is 0 Å². The Hall–Kier alpha value is -4.26. The topological polar surface area (TPSA) is 113 Å². The zero-order chi connectivity index (χ0) is 21.1. The fourth-order valence-electron chi connectivity index (χ4n) is 2.14. The standard InChI is InChI=1S/C22H18N2O5/c25-21(26)7-3-1-5-17-9-13-19(14-10-17)23-24(29)20-15-11-18(12-16-20)6-2-4-8-22(27)28/h1-16H,(H,25,26)(H,27,28). The van der Waals surface area contributed by atoms with Gasteiger partial charge in [0.05, 0.1) is 0 Å². The van der Waals surface area contributed by atoms with E-state index in [2.05, 4.69) is 5.11 Å². The van der Waals surface area contributed by atoms with E-state index in [1.807, 2.05) is 0 Å². The highest BCUT2D eigenvalue weighted by molar-refractivity contribution is 5.80. The summed E-state index contributed by atoms with van der Waals surface area (Å²) >= 11 is 0. The van der Waals surface area contributed by atoms with Crippen LogP contribution in [0.5, 0.6) is 0 Å². The van der Waals surface area contributed by atoms with Crippen molar-refractivity contribution in [3.05, 3.63) is 101 Å². The van der Waals surface area contributed by atoms with Crippen LogP contribution in [-0.4, -0.2) is 27.0 Å². The third kappa shape index (κ3) is 7.88. The summed E-state index contributed by atoms with van der Waals surface area (Å²) in [6, 6.07) is 13.5. The number of carboxylic acid groups (broad SMARTS) is 2. The van der Waals surface area contributed by atoms with Crippen molar-refractivity contribution in [3.8, 4) is 0 Å². The van der Waals surface area contributed by atoms with Gasteiger partial charge in [0.15, 0.2) is 0 Å². The number of hydrogen-bond donors (Lipinski definition) is 2. The molecule has 0 aliphatic carbocycles. The fraction of sp³-hybridized carbons (Fsp3) is 0. The third-order valence-electron chi connectivity index (χ3n) is 3.49. The molecule has 0 aliphatic rings. The zero-order valence-electron chi connectivity index (χ0n) is 15.3. The van der Waals surface area contributed by atoms with Crippen LogP contribution in [-0.2, 0) is 9.59 Å². The molecule has 0 bridgehead atoms. The van der Waals surface area contributed by atoms with E-state index in [0.29, 0.717) is 16.2 Å². The van der Waals surface area contributed by atoms with Crippen LogP contribution >= 0.6 is 0 Å². The number of rotatable bonds is 8. The second kappa shape index (κ2) is 10.8. The van der Waals surface area contributed by atoms with Gasteiger partial charge in [-0.1, -0.05) is 53.4 Å². The predicted molar refractivity (Wildman–Crippen MR) is 110 cm³/mol. The van der Waals surface area contributed by atoms with Crippen LogP contribution in [0.2, 0.25) is 0 Å². The van der Waals surface area contributed by atoms with Crippen LogP contribution in [0.3, 0.4) is 0 Å². The third-order valence-corrected chi connectivity index (χ3v) is 3.49. The molecule has 146 valence electrons. The number of nitrogens with zero attached hydrogens (tertiary/aromatic N) is 2. The van der Waals surface area contributed by atoms with Crippen LogP contribution in [0.1, 0.15) is 11.1 Å². The molecule has 0 spiro atoms. The highest BCUT2D eigenvalue weighted by Crippen LogP contribution is 2.19. The average molecular weight is 390 g/mol. The molecule has 0 aliphatic heterocycles. The minimum Gasteiger partial charge on any atom is -0.594 e. The molecule has 2 aromatic carbocycles. The van der Waals surface area contributed by atoms with Gasteiger partial charge in [-0.2, -0.15) is 0 Å². The van der Waals surface area contributed by atoms with Gasteiger partial charge in [0.2, 0.25) is 5.69 Å². The maximum atomic E-state index is 12.2. The average Bonchev–Trinajstić information content (AvgIpc) is 2.70. The molecule has 2 N–H and O–H groups in total. The molecule has 2 rings (SSSR count). The number of allylic oxidation sites excluding steroid dienone is 4. The van der Waals surface area contributed by atoms with E-state index in [9.17, 15) is 14.8 Å². The first-order valence-electron chi connectivity index (χ1n) is 8.48. The lowest BCUT2D eigenvalue weighted by molar-refractivity contribution is -0.435. The lowest BCUT2D eigenvalue weighted by atomic mass is 10.2. The second-order valence-electron chi connectivity index (χ2n) is 5.67. The molecule has 0 atom stereocenters. The first-order chi connectivity index (χ1) is 13.9. The molecule has 2 aromatic rings.